The predicted octanol–water partition coefficient (Wildman–Crippen LogP) is 3.46. The minimum atomic E-state index is 0. The van der Waals surface area contributed by atoms with E-state index in [-0.39, 0.29) is 24.0 Å². The number of benzene rings is 1. The van der Waals surface area contributed by atoms with Gasteiger partial charge in [-0.2, -0.15) is 0 Å². The summed E-state index contributed by atoms with van der Waals surface area (Å²) in [7, 11) is 3.90. The molecule has 0 bridgehead atoms. The van der Waals surface area contributed by atoms with E-state index in [9.17, 15) is 0 Å². The Balaban J connectivity index is 0.00000338. The third-order valence-electron chi connectivity index (χ3n) is 5.03. The molecule has 0 radical (unpaired) electrons. The second-order valence-corrected chi connectivity index (χ2v) is 6.89. The molecule has 2 rings (SSSR count). The van der Waals surface area contributed by atoms with Gasteiger partial charge in [0.1, 0.15) is 5.75 Å². The summed E-state index contributed by atoms with van der Waals surface area (Å²) in [4.78, 5) is 7.19. The summed E-state index contributed by atoms with van der Waals surface area (Å²) in [5, 5.41) is 6.83. The molecular weight excluding hydrogens is 439 g/mol. The number of ether oxygens (including phenoxy) is 1. The van der Waals surface area contributed by atoms with Gasteiger partial charge in [-0.1, -0.05) is 19.1 Å². The van der Waals surface area contributed by atoms with Crippen molar-refractivity contribution in [2.24, 2.45) is 4.99 Å². The average molecular weight is 474 g/mol. The van der Waals surface area contributed by atoms with E-state index in [1.165, 1.54) is 24.9 Å². The number of hydrogen-bond acceptors (Lipinski definition) is 3. The second kappa shape index (κ2) is 12.4. The zero-order chi connectivity index (χ0) is 18.1. The highest BCUT2D eigenvalue weighted by atomic mass is 127. The van der Waals surface area contributed by atoms with Gasteiger partial charge in [-0.25, -0.2) is 0 Å². The molecule has 26 heavy (non-hydrogen) atoms. The highest BCUT2D eigenvalue weighted by Gasteiger charge is 2.20. The van der Waals surface area contributed by atoms with Crippen molar-refractivity contribution in [1.29, 1.82) is 0 Å². The molecule has 0 aliphatic carbocycles. The van der Waals surface area contributed by atoms with Crippen LogP contribution in [0.15, 0.2) is 29.3 Å². The summed E-state index contributed by atoms with van der Waals surface area (Å²) in [5.74, 6) is 2.35. The van der Waals surface area contributed by atoms with Crippen LogP contribution in [0.25, 0.3) is 0 Å². The topological polar surface area (TPSA) is 48.9 Å². The molecule has 0 amide bonds. The first-order chi connectivity index (χ1) is 12.1. The molecule has 148 valence electrons. The smallest absolute Gasteiger partial charge is 0.191 e. The number of aliphatic imine (C=N–C) groups is 1. The SMILES string of the molecule is CCNC(=NCC1CCCN1C)NCCC(C)c1ccc(OC)cc1.I. The van der Waals surface area contributed by atoms with E-state index >= 15 is 0 Å². The number of methoxy groups -OCH3 is 1. The molecule has 5 nitrogen and oxygen atoms in total. The minimum Gasteiger partial charge on any atom is -0.497 e. The third kappa shape index (κ3) is 7.31. The Hall–Kier alpha value is -1.02. The Morgan fingerprint density at radius 2 is 2.04 bits per heavy atom. The van der Waals surface area contributed by atoms with Crippen LogP contribution in [0.3, 0.4) is 0 Å². The molecule has 1 heterocycles. The summed E-state index contributed by atoms with van der Waals surface area (Å²) in [6.45, 7) is 8.25. The first-order valence-electron chi connectivity index (χ1n) is 9.50. The first-order valence-corrected chi connectivity index (χ1v) is 9.50. The normalized spacial score (nSPS) is 18.9. The van der Waals surface area contributed by atoms with E-state index < -0.39 is 0 Å². The molecule has 1 aliphatic heterocycles. The van der Waals surface area contributed by atoms with Gasteiger partial charge in [0, 0.05) is 19.1 Å². The number of nitrogens with zero attached hydrogens (tertiary/aromatic N) is 2. The van der Waals surface area contributed by atoms with E-state index in [1.54, 1.807) is 7.11 Å². The minimum absolute atomic E-state index is 0. The lowest BCUT2D eigenvalue weighted by Gasteiger charge is -2.19. The largest absolute Gasteiger partial charge is 0.497 e. The number of likely N-dealkylation sites (N-methyl/N-ethyl adjacent to an activating group) is 1. The van der Waals surface area contributed by atoms with E-state index in [2.05, 4.69) is 48.6 Å². The molecule has 0 saturated carbocycles. The number of halogens is 1. The number of nitrogens with one attached hydrogen (secondary N) is 2. The third-order valence-corrected chi connectivity index (χ3v) is 5.03. The number of likely N-dealkylation sites (tertiary alicyclic amines) is 1. The van der Waals surface area contributed by atoms with Gasteiger partial charge in [-0.3, -0.25) is 4.99 Å². The Morgan fingerprint density at radius 3 is 2.62 bits per heavy atom. The lowest BCUT2D eigenvalue weighted by Crippen LogP contribution is -2.39. The van der Waals surface area contributed by atoms with Crippen molar-refractivity contribution in [2.75, 3.05) is 40.3 Å². The molecule has 6 heteroatoms. The molecule has 1 aromatic carbocycles. The van der Waals surface area contributed by atoms with Gasteiger partial charge < -0.3 is 20.3 Å². The standard InChI is InChI=1S/C20H34N4O.HI/c1-5-21-20(23-15-18-7-6-14-24(18)3)22-13-12-16(2)17-8-10-19(25-4)11-9-17;/h8-11,16,18H,5-7,12-15H2,1-4H3,(H2,21,22,23);1H. The Morgan fingerprint density at radius 1 is 1.31 bits per heavy atom. The molecule has 0 spiro atoms. The summed E-state index contributed by atoms with van der Waals surface area (Å²) < 4.78 is 5.23. The van der Waals surface area contributed by atoms with Crippen molar-refractivity contribution in [3.05, 3.63) is 29.8 Å². The molecule has 1 fully saturated rings. The van der Waals surface area contributed by atoms with Crippen molar-refractivity contribution in [1.82, 2.24) is 15.5 Å². The molecule has 1 aliphatic rings. The fourth-order valence-electron chi connectivity index (χ4n) is 3.25. The zero-order valence-electron chi connectivity index (χ0n) is 16.6. The maximum absolute atomic E-state index is 5.23. The van der Waals surface area contributed by atoms with Gasteiger partial charge in [0.2, 0.25) is 0 Å². The lowest BCUT2D eigenvalue weighted by atomic mass is 9.98. The van der Waals surface area contributed by atoms with Gasteiger partial charge >= 0.3 is 0 Å². The quantitative estimate of drug-likeness (QED) is 0.344. The molecule has 2 unspecified atom stereocenters. The van der Waals surface area contributed by atoms with Crippen molar-refractivity contribution >= 4 is 29.9 Å². The van der Waals surface area contributed by atoms with Crippen LogP contribution < -0.4 is 15.4 Å². The van der Waals surface area contributed by atoms with Crippen LogP contribution in [-0.4, -0.2) is 57.2 Å². The van der Waals surface area contributed by atoms with E-state index in [1.807, 2.05) is 12.1 Å². The maximum Gasteiger partial charge on any atom is 0.191 e. The van der Waals surface area contributed by atoms with Crippen LogP contribution in [0.2, 0.25) is 0 Å². The highest BCUT2D eigenvalue weighted by molar-refractivity contribution is 14.0. The van der Waals surface area contributed by atoms with Crippen LogP contribution in [0.1, 0.15) is 44.6 Å². The highest BCUT2D eigenvalue weighted by Crippen LogP contribution is 2.21. The van der Waals surface area contributed by atoms with Crippen molar-refractivity contribution in [3.8, 4) is 5.75 Å². The van der Waals surface area contributed by atoms with Gasteiger partial charge in [-0.15, -0.1) is 24.0 Å². The fraction of sp³-hybridized carbons (Fsp3) is 0.650. The molecule has 1 saturated heterocycles. The van der Waals surface area contributed by atoms with Crippen molar-refractivity contribution < 1.29 is 4.74 Å². The summed E-state index contributed by atoms with van der Waals surface area (Å²) in [6, 6.07) is 8.96. The lowest BCUT2D eigenvalue weighted by molar-refractivity contribution is 0.317. The summed E-state index contributed by atoms with van der Waals surface area (Å²) >= 11 is 0. The van der Waals surface area contributed by atoms with Crippen LogP contribution >= 0.6 is 24.0 Å². The predicted molar refractivity (Wildman–Crippen MR) is 121 cm³/mol. The van der Waals surface area contributed by atoms with Crippen molar-refractivity contribution in [3.63, 3.8) is 0 Å². The average Bonchev–Trinajstić information content (AvgIpc) is 3.04. The van der Waals surface area contributed by atoms with Crippen LogP contribution in [0.4, 0.5) is 0 Å². The number of rotatable bonds is 8. The van der Waals surface area contributed by atoms with Gasteiger partial charge in [-0.05, 0) is 63.4 Å². The Kier molecular flexibility index (Phi) is 11.0. The first kappa shape index (κ1) is 23.0. The number of guanidine groups is 1. The fourth-order valence-corrected chi connectivity index (χ4v) is 3.25. The Bertz CT molecular complexity index is 535. The molecule has 1 aromatic rings. The summed E-state index contributed by atoms with van der Waals surface area (Å²) in [5.41, 5.74) is 1.34. The van der Waals surface area contributed by atoms with Gasteiger partial charge in [0.15, 0.2) is 5.96 Å². The van der Waals surface area contributed by atoms with Crippen LogP contribution in [0, 0.1) is 0 Å². The molecular formula is C20H35IN4O. The van der Waals surface area contributed by atoms with Crippen LogP contribution in [0.5, 0.6) is 5.75 Å². The molecule has 0 aromatic heterocycles. The van der Waals surface area contributed by atoms with Crippen molar-refractivity contribution in [2.45, 2.75) is 45.1 Å². The van der Waals surface area contributed by atoms with E-state index in [4.69, 9.17) is 9.73 Å². The monoisotopic (exact) mass is 474 g/mol. The van der Waals surface area contributed by atoms with Gasteiger partial charge in [0.25, 0.3) is 0 Å². The van der Waals surface area contributed by atoms with E-state index in [0.29, 0.717) is 12.0 Å². The zero-order valence-corrected chi connectivity index (χ0v) is 19.0. The van der Waals surface area contributed by atoms with Gasteiger partial charge in [0.05, 0.1) is 13.7 Å². The molecule has 2 N–H and O–H groups in total. The molecule has 2 atom stereocenters. The Labute approximate surface area is 176 Å². The number of hydrogen-bond donors (Lipinski definition) is 2. The maximum atomic E-state index is 5.23. The summed E-state index contributed by atoms with van der Waals surface area (Å²) in [6.07, 6.45) is 3.62. The second-order valence-electron chi connectivity index (χ2n) is 6.89. The van der Waals surface area contributed by atoms with Crippen LogP contribution in [-0.2, 0) is 0 Å². The van der Waals surface area contributed by atoms with E-state index in [0.717, 1.165) is 37.8 Å².